The fraction of sp³-hybridized carbons (Fsp3) is 0.381. The first-order chi connectivity index (χ1) is 15.6. The Morgan fingerprint density at radius 1 is 1.16 bits per heavy atom. The second-order valence-corrected chi connectivity index (χ2v) is 9.29. The fourth-order valence-electron chi connectivity index (χ4n) is 3.38. The van der Waals surface area contributed by atoms with Crippen molar-refractivity contribution in [2.24, 2.45) is 0 Å². The van der Waals surface area contributed by atoms with Gasteiger partial charge in [0.2, 0.25) is 11.0 Å². The number of nitrogens with zero attached hydrogens (tertiary/aromatic N) is 6. The number of para-hydroxylation sites is 1. The second-order valence-electron chi connectivity index (χ2n) is 7.23. The summed E-state index contributed by atoms with van der Waals surface area (Å²) < 4.78 is 14.1. The molecular formula is C21H24FN7OS2. The second kappa shape index (κ2) is 10.7. The van der Waals surface area contributed by atoms with Crippen LogP contribution in [-0.4, -0.2) is 58.0 Å². The number of amides is 1. The monoisotopic (exact) mass is 473 g/mol. The molecule has 1 aromatic carbocycles. The molecule has 3 heterocycles. The van der Waals surface area contributed by atoms with Crippen LogP contribution in [0.15, 0.2) is 41.7 Å². The van der Waals surface area contributed by atoms with Gasteiger partial charge in [-0.05, 0) is 18.6 Å². The number of thioether (sulfide) groups is 1. The van der Waals surface area contributed by atoms with E-state index >= 15 is 0 Å². The Morgan fingerprint density at radius 3 is 2.72 bits per heavy atom. The number of hydrogen-bond donors (Lipinski definition) is 1. The SMILES string of the molecule is CCCc1nnc(NC(=O)CSc2cc(N3CCN(c4ccccc4F)CC3)ncn2)s1. The fourth-order valence-corrected chi connectivity index (χ4v) is 4.90. The first kappa shape index (κ1) is 22.4. The highest BCUT2D eigenvalue weighted by atomic mass is 32.2. The number of carbonyl (C=O) groups excluding carboxylic acids is 1. The van der Waals surface area contributed by atoms with E-state index in [1.54, 1.807) is 6.07 Å². The van der Waals surface area contributed by atoms with Crippen LogP contribution in [0, 0.1) is 5.82 Å². The van der Waals surface area contributed by atoms with Crippen LogP contribution in [0.25, 0.3) is 0 Å². The van der Waals surface area contributed by atoms with Crippen LogP contribution in [0.2, 0.25) is 0 Å². The van der Waals surface area contributed by atoms with E-state index in [0.29, 0.717) is 23.9 Å². The number of rotatable bonds is 8. The molecule has 32 heavy (non-hydrogen) atoms. The number of piperazine rings is 1. The highest BCUT2D eigenvalue weighted by Crippen LogP contribution is 2.24. The minimum absolute atomic E-state index is 0.145. The quantitative estimate of drug-likeness (QED) is 0.393. The van der Waals surface area contributed by atoms with Crippen molar-refractivity contribution in [2.45, 2.75) is 24.8 Å². The molecule has 0 atom stereocenters. The van der Waals surface area contributed by atoms with Crippen LogP contribution in [0.5, 0.6) is 0 Å². The molecule has 0 radical (unpaired) electrons. The lowest BCUT2D eigenvalue weighted by atomic mass is 10.2. The van der Waals surface area contributed by atoms with Crippen molar-refractivity contribution in [3.8, 4) is 0 Å². The van der Waals surface area contributed by atoms with Gasteiger partial charge in [-0.25, -0.2) is 14.4 Å². The molecular weight excluding hydrogens is 449 g/mol. The van der Waals surface area contributed by atoms with Gasteiger partial charge in [-0.15, -0.1) is 10.2 Å². The third kappa shape index (κ3) is 5.71. The van der Waals surface area contributed by atoms with Crippen LogP contribution in [0.4, 0.5) is 21.0 Å². The van der Waals surface area contributed by atoms with E-state index in [4.69, 9.17) is 0 Å². The third-order valence-electron chi connectivity index (χ3n) is 4.95. The molecule has 1 N–H and O–H groups in total. The molecule has 0 spiro atoms. The van der Waals surface area contributed by atoms with Crippen LogP contribution in [0.1, 0.15) is 18.4 Å². The van der Waals surface area contributed by atoms with Crippen LogP contribution >= 0.6 is 23.1 Å². The normalized spacial score (nSPS) is 13.9. The van der Waals surface area contributed by atoms with Crippen molar-refractivity contribution < 1.29 is 9.18 Å². The molecule has 168 valence electrons. The summed E-state index contributed by atoms with van der Waals surface area (Å²) in [6.45, 7) is 4.95. The molecule has 11 heteroatoms. The molecule has 1 aliphatic heterocycles. The number of hydrogen-bond acceptors (Lipinski definition) is 9. The number of benzene rings is 1. The average Bonchev–Trinajstić information content (AvgIpc) is 3.25. The zero-order valence-corrected chi connectivity index (χ0v) is 19.3. The number of carbonyl (C=O) groups is 1. The minimum Gasteiger partial charge on any atom is -0.366 e. The standard InChI is InChI=1S/C21H24FN7OS2/c1-2-5-19-26-27-21(32-19)25-18(30)13-31-20-12-17(23-14-24-20)29-10-8-28(9-11-29)16-7-4-3-6-15(16)22/h3-4,6-7,12,14H,2,5,8-11,13H2,1H3,(H,25,27,30). The van der Waals surface area contributed by atoms with Gasteiger partial charge in [0.15, 0.2) is 0 Å². The van der Waals surface area contributed by atoms with Gasteiger partial charge in [0.05, 0.1) is 11.4 Å². The van der Waals surface area contributed by atoms with Gasteiger partial charge < -0.3 is 9.80 Å². The van der Waals surface area contributed by atoms with E-state index in [-0.39, 0.29) is 17.5 Å². The third-order valence-corrected chi connectivity index (χ3v) is 6.78. The predicted octanol–water partition coefficient (Wildman–Crippen LogP) is 3.48. The van der Waals surface area contributed by atoms with Crippen molar-refractivity contribution in [2.75, 3.05) is 47.0 Å². The van der Waals surface area contributed by atoms with Gasteiger partial charge in [-0.2, -0.15) is 0 Å². The lowest BCUT2D eigenvalue weighted by molar-refractivity contribution is -0.113. The first-order valence-corrected chi connectivity index (χ1v) is 12.2. The number of aromatic nitrogens is 4. The molecule has 4 rings (SSSR count). The average molecular weight is 474 g/mol. The summed E-state index contributed by atoms with van der Waals surface area (Å²) in [6.07, 6.45) is 3.37. The number of halogens is 1. The van der Waals surface area contributed by atoms with Gasteiger partial charge in [0.1, 0.15) is 28.0 Å². The van der Waals surface area contributed by atoms with Gasteiger partial charge in [-0.1, -0.05) is 42.2 Å². The number of anilines is 3. The van der Waals surface area contributed by atoms with Gasteiger partial charge >= 0.3 is 0 Å². The molecule has 8 nitrogen and oxygen atoms in total. The van der Waals surface area contributed by atoms with Crippen molar-refractivity contribution >= 4 is 45.6 Å². The van der Waals surface area contributed by atoms with Crippen molar-refractivity contribution in [1.29, 1.82) is 0 Å². The zero-order chi connectivity index (χ0) is 22.3. The van der Waals surface area contributed by atoms with Gasteiger partial charge in [0.25, 0.3) is 0 Å². The summed E-state index contributed by atoms with van der Waals surface area (Å²) in [5.41, 5.74) is 0.634. The highest BCUT2D eigenvalue weighted by molar-refractivity contribution is 7.99. The molecule has 0 aliphatic carbocycles. The summed E-state index contributed by atoms with van der Waals surface area (Å²) in [5, 5.41) is 13.0. The lowest BCUT2D eigenvalue weighted by Gasteiger charge is -2.36. The van der Waals surface area contributed by atoms with Crippen LogP contribution < -0.4 is 15.1 Å². The molecule has 1 saturated heterocycles. The lowest BCUT2D eigenvalue weighted by Crippen LogP contribution is -2.47. The van der Waals surface area contributed by atoms with E-state index in [1.165, 1.54) is 35.5 Å². The molecule has 1 aliphatic rings. The Balaban J connectivity index is 1.29. The van der Waals surface area contributed by atoms with Gasteiger partial charge in [0, 0.05) is 38.7 Å². The minimum atomic E-state index is -0.199. The maximum atomic E-state index is 14.1. The molecule has 2 aromatic heterocycles. The van der Waals surface area contributed by atoms with E-state index in [2.05, 4.69) is 37.3 Å². The molecule has 1 fully saturated rings. The van der Waals surface area contributed by atoms with E-state index in [9.17, 15) is 9.18 Å². The van der Waals surface area contributed by atoms with Gasteiger partial charge in [-0.3, -0.25) is 10.1 Å². The summed E-state index contributed by atoms with van der Waals surface area (Å²) in [7, 11) is 0. The smallest absolute Gasteiger partial charge is 0.236 e. The van der Waals surface area contributed by atoms with E-state index < -0.39 is 0 Å². The van der Waals surface area contributed by atoms with E-state index in [0.717, 1.165) is 41.8 Å². The molecule has 1 amide bonds. The Hall–Kier alpha value is -2.79. The summed E-state index contributed by atoms with van der Waals surface area (Å²) in [4.78, 5) is 25.1. The Bertz CT molecular complexity index is 1060. The summed E-state index contributed by atoms with van der Waals surface area (Å²) >= 11 is 2.75. The highest BCUT2D eigenvalue weighted by Gasteiger charge is 2.20. The van der Waals surface area contributed by atoms with E-state index in [1.807, 2.05) is 23.1 Å². The largest absolute Gasteiger partial charge is 0.366 e. The Labute approximate surface area is 194 Å². The summed E-state index contributed by atoms with van der Waals surface area (Å²) in [6, 6.07) is 8.74. The molecule has 3 aromatic rings. The Morgan fingerprint density at radius 2 is 1.94 bits per heavy atom. The number of nitrogens with one attached hydrogen (secondary N) is 1. The Kier molecular flexibility index (Phi) is 7.48. The molecule has 0 bridgehead atoms. The number of aryl methyl sites for hydroxylation is 1. The molecule has 0 saturated carbocycles. The van der Waals surface area contributed by atoms with Crippen molar-refractivity contribution in [3.63, 3.8) is 0 Å². The topological polar surface area (TPSA) is 87.1 Å². The van der Waals surface area contributed by atoms with Crippen LogP contribution in [-0.2, 0) is 11.2 Å². The molecule has 0 unspecified atom stereocenters. The van der Waals surface area contributed by atoms with Crippen molar-refractivity contribution in [1.82, 2.24) is 20.2 Å². The first-order valence-electron chi connectivity index (χ1n) is 10.4. The summed E-state index contributed by atoms with van der Waals surface area (Å²) in [5.74, 6) is 0.688. The van der Waals surface area contributed by atoms with Crippen LogP contribution in [0.3, 0.4) is 0 Å². The zero-order valence-electron chi connectivity index (χ0n) is 17.7. The predicted molar refractivity (Wildman–Crippen MR) is 126 cm³/mol. The van der Waals surface area contributed by atoms with Crippen molar-refractivity contribution in [3.05, 3.63) is 47.5 Å². The maximum Gasteiger partial charge on any atom is 0.236 e. The maximum absolute atomic E-state index is 14.1.